The number of hydrogen-bond acceptors (Lipinski definition) is 3. The number of carbonyl (C=O) groups is 2. The second-order valence-electron chi connectivity index (χ2n) is 3.60. The van der Waals surface area contributed by atoms with E-state index in [2.05, 4.69) is 15.6 Å². The summed E-state index contributed by atoms with van der Waals surface area (Å²) in [5, 5.41) is 14.0. The Bertz CT molecular complexity index is 605. The summed E-state index contributed by atoms with van der Waals surface area (Å²) in [6.07, 6.45) is 3.19. The molecule has 94 valence electrons. The Hall–Kier alpha value is -2.57. The lowest BCUT2D eigenvalue weighted by molar-refractivity contribution is 0.0697. The number of pyridine rings is 1. The van der Waals surface area contributed by atoms with Gasteiger partial charge >= 0.3 is 12.0 Å². The minimum absolute atomic E-state index is 0.151. The Labute approximate surface area is 102 Å². The van der Waals surface area contributed by atoms with E-state index < -0.39 is 5.97 Å². The highest BCUT2D eigenvalue weighted by molar-refractivity contribution is 5.90. The zero-order valence-corrected chi connectivity index (χ0v) is 9.67. The number of nitrogens with zero attached hydrogens (tertiary/aromatic N) is 2. The van der Waals surface area contributed by atoms with E-state index in [9.17, 15) is 9.59 Å². The van der Waals surface area contributed by atoms with E-state index in [1.54, 1.807) is 16.8 Å². The highest BCUT2D eigenvalue weighted by atomic mass is 16.4. The summed E-state index contributed by atoms with van der Waals surface area (Å²) >= 11 is 0. The number of nitrogens with one attached hydrogen (secondary N) is 2. The van der Waals surface area contributed by atoms with Gasteiger partial charge in [-0.3, -0.25) is 5.32 Å². The standard InChI is InChI=1S/C11H12N4O3/c1-2-12-11(18)14-8-6-15-4-3-7(10(16)17)5-9(15)13-8/h3-6H,2H2,1H3,(H,16,17)(H2,12,14,18). The number of fused-ring (bicyclic) bond motifs is 1. The molecule has 0 saturated heterocycles. The van der Waals surface area contributed by atoms with Crippen molar-refractivity contribution in [3.8, 4) is 0 Å². The quantitative estimate of drug-likeness (QED) is 0.759. The third kappa shape index (κ3) is 2.40. The molecule has 2 heterocycles. The second kappa shape index (κ2) is 4.74. The third-order valence-electron chi connectivity index (χ3n) is 2.29. The van der Waals surface area contributed by atoms with Gasteiger partial charge in [-0.2, -0.15) is 0 Å². The number of aromatic nitrogens is 2. The van der Waals surface area contributed by atoms with E-state index in [0.29, 0.717) is 18.0 Å². The maximum Gasteiger partial charge on any atom is 0.335 e. The molecule has 0 radical (unpaired) electrons. The van der Waals surface area contributed by atoms with E-state index in [0.717, 1.165) is 0 Å². The molecule has 2 rings (SSSR count). The Morgan fingerprint density at radius 1 is 1.50 bits per heavy atom. The summed E-state index contributed by atoms with van der Waals surface area (Å²) in [5.74, 6) is -0.651. The molecule has 2 aromatic heterocycles. The van der Waals surface area contributed by atoms with Gasteiger partial charge in [-0.1, -0.05) is 0 Å². The molecule has 2 aromatic rings. The lowest BCUT2D eigenvalue weighted by Crippen LogP contribution is -2.28. The molecule has 0 aliphatic heterocycles. The van der Waals surface area contributed by atoms with Crippen LogP contribution in [-0.4, -0.2) is 33.0 Å². The minimum atomic E-state index is -1.02. The number of aromatic carboxylic acids is 1. The number of urea groups is 1. The van der Waals surface area contributed by atoms with Gasteiger partial charge < -0.3 is 14.8 Å². The van der Waals surface area contributed by atoms with Crippen LogP contribution in [0.5, 0.6) is 0 Å². The first-order valence-electron chi connectivity index (χ1n) is 5.37. The molecule has 0 bridgehead atoms. The average Bonchev–Trinajstić information content (AvgIpc) is 2.69. The first-order chi connectivity index (χ1) is 8.60. The van der Waals surface area contributed by atoms with Crippen molar-refractivity contribution in [3.63, 3.8) is 0 Å². The van der Waals surface area contributed by atoms with E-state index >= 15 is 0 Å². The fraction of sp³-hybridized carbons (Fsp3) is 0.182. The molecule has 7 heteroatoms. The molecule has 0 spiro atoms. The molecule has 2 amide bonds. The summed E-state index contributed by atoms with van der Waals surface area (Å²) in [5.41, 5.74) is 0.611. The highest BCUT2D eigenvalue weighted by Gasteiger charge is 2.08. The van der Waals surface area contributed by atoms with Gasteiger partial charge in [0.05, 0.1) is 11.8 Å². The van der Waals surface area contributed by atoms with Gasteiger partial charge in [0, 0.05) is 12.7 Å². The number of rotatable bonds is 3. The zero-order valence-electron chi connectivity index (χ0n) is 9.67. The largest absolute Gasteiger partial charge is 0.478 e. The molecule has 0 aliphatic rings. The zero-order chi connectivity index (χ0) is 13.1. The van der Waals surface area contributed by atoms with Crippen molar-refractivity contribution >= 4 is 23.5 Å². The summed E-state index contributed by atoms with van der Waals surface area (Å²) < 4.78 is 1.63. The number of imidazole rings is 1. The Morgan fingerprint density at radius 3 is 2.94 bits per heavy atom. The number of hydrogen-bond donors (Lipinski definition) is 3. The van der Waals surface area contributed by atoms with Crippen LogP contribution in [0, 0.1) is 0 Å². The highest BCUT2D eigenvalue weighted by Crippen LogP contribution is 2.11. The van der Waals surface area contributed by atoms with Crippen LogP contribution >= 0.6 is 0 Å². The molecule has 3 N–H and O–H groups in total. The molecule has 0 fully saturated rings. The average molecular weight is 248 g/mol. The van der Waals surface area contributed by atoms with Gasteiger partial charge in [-0.25, -0.2) is 14.6 Å². The van der Waals surface area contributed by atoms with Crippen molar-refractivity contribution in [1.29, 1.82) is 0 Å². The molecular formula is C11H12N4O3. The maximum atomic E-state index is 11.3. The SMILES string of the molecule is CCNC(=O)Nc1cn2ccc(C(=O)O)cc2n1. The molecule has 0 saturated carbocycles. The van der Waals surface area contributed by atoms with Gasteiger partial charge in [0.2, 0.25) is 0 Å². The van der Waals surface area contributed by atoms with Crippen molar-refractivity contribution in [2.45, 2.75) is 6.92 Å². The monoisotopic (exact) mass is 248 g/mol. The smallest absolute Gasteiger partial charge is 0.335 e. The molecule has 7 nitrogen and oxygen atoms in total. The molecular weight excluding hydrogens is 236 g/mol. The molecule has 0 atom stereocenters. The fourth-order valence-corrected chi connectivity index (χ4v) is 1.50. The number of anilines is 1. The normalized spacial score (nSPS) is 10.3. The second-order valence-corrected chi connectivity index (χ2v) is 3.60. The van der Waals surface area contributed by atoms with Crippen LogP contribution in [0.3, 0.4) is 0 Å². The molecule has 0 unspecified atom stereocenters. The number of carboxylic acids is 1. The van der Waals surface area contributed by atoms with Gasteiger partial charge in [-0.05, 0) is 19.1 Å². The molecule has 0 aromatic carbocycles. The third-order valence-corrected chi connectivity index (χ3v) is 2.29. The van der Waals surface area contributed by atoms with Crippen LogP contribution < -0.4 is 10.6 Å². The Kier molecular flexibility index (Phi) is 3.13. The van der Waals surface area contributed by atoms with Crippen LogP contribution in [-0.2, 0) is 0 Å². The van der Waals surface area contributed by atoms with Crippen molar-refractivity contribution in [2.75, 3.05) is 11.9 Å². The first-order valence-corrected chi connectivity index (χ1v) is 5.37. The van der Waals surface area contributed by atoms with Crippen molar-refractivity contribution < 1.29 is 14.7 Å². The van der Waals surface area contributed by atoms with Gasteiger partial charge in [0.15, 0.2) is 5.82 Å². The van der Waals surface area contributed by atoms with Crippen molar-refractivity contribution in [2.24, 2.45) is 0 Å². The number of carbonyl (C=O) groups excluding carboxylic acids is 1. The Balaban J connectivity index is 2.27. The van der Waals surface area contributed by atoms with Crippen LogP contribution in [0.2, 0.25) is 0 Å². The first kappa shape index (κ1) is 11.9. The summed E-state index contributed by atoms with van der Waals surface area (Å²) in [7, 11) is 0. The molecule has 0 aliphatic carbocycles. The lowest BCUT2D eigenvalue weighted by atomic mass is 10.3. The van der Waals surface area contributed by atoms with Crippen molar-refractivity contribution in [3.05, 3.63) is 30.1 Å². The van der Waals surface area contributed by atoms with E-state index in [4.69, 9.17) is 5.11 Å². The van der Waals surface area contributed by atoms with Crippen molar-refractivity contribution in [1.82, 2.24) is 14.7 Å². The summed E-state index contributed by atoms with van der Waals surface area (Å²) in [6.45, 7) is 2.32. The van der Waals surface area contributed by atoms with Crippen LogP contribution in [0.1, 0.15) is 17.3 Å². The predicted molar refractivity (Wildman–Crippen MR) is 64.8 cm³/mol. The summed E-state index contributed by atoms with van der Waals surface area (Å²) in [4.78, 5) is 26.2. The number of amides is 2. The lowest BCUT2D eigenvalue weighted by Gasteiger charge is -2.00. The van der Waals surface area contributed by atoms with Gasteiger partial charge in [0.1, 0.15) is 5.65 Å². The summed E-state index contributed by atoms with van der Waals surface area (Å²) in [6, 6.07) is 2.55. The van der Waals surface area contributed by atoms with Gasteiger partial charge in [-0.15, -0.1) is 0 Å². The van der Waals surface area contributed by atoms with E-state index in [1.165, 1.54) is 12.1 Å². The van der Waals surface area contributed by atoms with Gasteiger partial charge in [0.25, 0.3) is 0 Å². The van der Waals surface area contributed by atoms with Crippen LogP contribution in [0.4, 0.5) is 10.6 Å². The fourth-order valence-electron chi connectivity index (χ4n) is 1.50. The number of carboxylic acid groups (broad SMARTS) is 1. The topological polar surface area (TPSA) is 95.7 Å². The molecule has 18 heavy (non-hydrogen) atoms. The maximum absolute atomic E-state index is 11.3. The Morgan fingerprint density at radius 2 is 2.28 bits per heavy atom. The van der Waals surface area contributed by atoms with Crippen LogP contribution in [0.25, 0.3) is 5.65 Å². The predicted octanol–water partition coefficient (Wildman–Crippen LogP) is 1.17. The minimum Gasteiger partial charge on any atom is -0.478 e. The van der Waals surface area contributed by atoms with Crippen LogP contribution in [0.15, 0.2) is 24.5 Å². The van der Waals surface area contributed by atoms with E-state index in [-0.39, 0.29) is 11.6 Å². The van der Waals surface area contributed by atoms with E-state index in [1.807, 2.05) is 6.92 Å².